The lowest BCUT2D eigenvalue weighted by Crippen LogP contribution is -2.61. The average molecular weight is 381 g/mol. The molecule has 0 amide bonds. The molecular formula is C22H44N4O. The van der Waals surface area contributed by atoms with Crippen molar-refractivity contribution in [2.45, 2.75) is 64.6 Å². The molecule has 5 nitrogen and oxygen atoms in total. The second-order valence-electron chi connectivity index (χ2n) is 11.2. The maximum absolute atomic E-state index is 6.17. The van der Waals surface area contributed by atoms with Gasteiger partial charge in [-0.1, -0.05) is 0 Å². The Morgan fingerprint density at radius 1 is 0.963 bits per heavy atom. The van der Waals surface area contributed by atoms with Gasteiger partial charge in [-0.25, -0.2) is 0 Å². The van der Waals surface area contributed by atoms with Crippen LogP contribution in [0.25, 0.3) is 0 Å². The fraction of sp³-hybridized carbons (Fsp3) is 1.00. The summed E-state index contributed by atoms with van der Waals surface area (Å²) in [6.07, 6.45) is 2.91. The van der Waals surface area contributed by atoms with Crippen molar-refractivity contribution in [3.8, 4) is 0 Å². The van der Waals surface area contributed by atoms with Crippen LogP contribution >= 0.6 is 0 Å². The van der Waals surface area contributed by atoms with Gasteiger partial charge in [-0.3, -0.25) is 14.7 Å². The van der Waals surface area contributed by atoms with Crippen LogP contribution < -0.4 is 0 Å². The number of hydrogen-bond donors (Lipinski definition) is 0. The Balaban J connectivity index is 1.50. The first-order valence-corrected chi connectivity index (χ1v) is 11.0. The molecule has 0 bridgehead atoms. The fourth-order valence-corrected chi connectivity index (χ4v) is 5.06. The Labute approximate surface area is 168 Å². The molecule has 3 fully saturated rings. The monoisotopic (exact) mass is 380 g/mol. The molecule has 0 aromatic carbocycles. The van der Waals surface area contributed by atoms with E-state index in [0.717, 1.165) is 13.2 Å². The number of likely N-dealkylation sites (tertiary alicyclic amines) is 1. The van der Waals surface area contributed by atoms with E-state index < -0.39 is 0 Å². The molecule has 3 rings (SSSR count). The van der Waals surface area contributed by atoms with Gasteiger partial charge in [0.05, 0.1) is 12.7 Å². The van der Waals surface area contributed by atoms with Gasteiger partial charge in [0.1, 0.15) is 0 Å². The number of nitrogens with zero attached hydrogens (tertiary/aromatic N) is 4. The van der Waals surface area contributed by atoms with Gasteiger partial charge in [-0.15, -0.1) is 0 Å². The summed E-state index contributed by atoms with van der Waals surface area (Å²) < 4.78 is 6.17. The van der Waals surface area contributed by atoms with E-state index in [2.05, 4.69) is 68.3 Å². The van der Waals surface area contributed by atoms with E-state index in [1.54, 1.807) is 0 Å². The van der Waals surface area contributed by atoms with Gasteiger partial charge in [0.25, 0.3) is 0 Å². The van der Waals surface area contributed by atoms with E-state index in [-0.39, 0.29) is 11.1 Å². The smallest absolute Gasteiger partial charge is 0.0683 e. The van der Waals surface area contributed by atoms with Crippen molar-refractivity contribution in [1.29, 1.82) is 0 Å². The molecule has 5 heteroatoms. The number of hydrogen-bond acceptors (Lipinski definition) is 5. The summed E-state index contributed by atoms with van der Waals surface area (Å²) >= 11 is 0. The summed E-state index contributed by atoms with van der Waals surface area (Å²) in [4.78, 5) is 10.3. The van der Waals surface area contributed by atoms with Crippen LogP contribution in [0.15, 0.2) is 0 Å². The number of likely N-dealkylation sites (N-methyl/N-ethyl adjacent to an activating group) is 1. The standard InChI is InChI=1S/C22H44N4O/c1-20(2,3)26-9-8-22(17-26)18-27-19(22)16-21(4,5)25-14-12-24(13-15-25)11-10-23(6)7/h19H,8-18H2,1-7H3. The van der Waals surface area contributed by atoms with Crippen LogP contribution in [-0.2, 0) is 4.74 Å². The maximum Gasteiger partial charge on any atom is 0.0683 e. The van der Waals surface area contributed by atoms with Gasteiger partial charge >= 0.3 is 0 Å². The Hall–Kier alpha value is -0.200. The van der Waals surface area contributed by atoms with E-state index in [0.29, 0.717) is 11.5 Å². The van der Waals surface area contributed by atoms with Crippen molar-refractivity contribution in [2.75, 3.05) is 73.1 Å². The summed E-state index contributed by atoms with van der Waals surface area (Å²) in [5.74, 6) is 0. The van der Waals surface area contributed by atoms with E-state index in [4.69, 9.17) is 4.74 Å². The lowest BCUT2D eigenvalue weighted by atomic mass is 9.72. The minimum Gasteiger partial charge on any atom is -0.377 e. The van der Waals surface area contributed by atoms with Crippen LogP contribution in [0, 0.1) is 5.41 Å². The van der Waals surface area contributed by atoms with Gasteiger partial charge in [0.2, 0.25) is 0 Å². The normalized spacial score (nSPS) is 31.8. The summed E-state index contributed by atoms with van der Waals surface area (Å²) in [5.41, 5.74) is 0.918. The van der Waals surface area contributed by atoms with Crippen molar-refractivity contribution < 1.29 is 4.74 Å². The lowest BCUT2D eigenvalue weighted by Gasteiger charge is -2.53. The summed E-state index contributed by atoms with van der Waals surface area (Å²) in [6.45, 7) is 22.5. The average Bonchev–Trinajstić information content (AvgIpc) is 3.06. The van der Waals surface area contributed by atoms with Crippen LogP contribution in [-0.4, -0.2) is 110 Å². The minimum absolute atomic E-state index is 0.223. The van der Waals surface area contributed by atoms with Gasteiger partial charge < -0.3 is 9.64 Å². The second kappa shape index (κ2) is 7.91. The van der Waals surface area contributed by atoms with E-state index >= 15 is 0 Å². The lowest BCUT2D eigenvalue weighted by molar-refractivity contribution is -0.197. The van der Waals surface area contributed by atoms with E-state index in [9.17, 15) is 0 Å². The predicted molar refractivity (Wildman–Crippen MR) is 113 cm³/mol. The first-order valence-electron chi connectivity index (χ1n) is 11.0. The molecule has 158 valence electrons. The highest BCUT2D eigenvalue weighted by atomic mass is 16.5. The molecule has 27 heavy (non-hydrogen) atoms. The molecule has 0 aromatic heterocycles. The molecule has 3 saturated heterocycles. The third kappa shape index (κ3) is 4.87. The summed E-state index contributed by atoms with van der Waals surface area (Å²) in [6, 6.07) is 0. The zero-order chi connectivity index (χ0) is 19.9. The first-order chi connectivity index (χ1) is 12.5. The topological polar surface area (TPSA) is 22.2 Å². The number of rotatable bonds is 6. The van der Waals surface area contributed by atoms with Crippen LogP contribution in [0.4, 0.5) is 0 Å². The van der Waals surface area contributed by atoms with Crippen molar-refractivity contribution >= 4 is 0 Å². The maximum atomic E-state index is 6.17. The predicted octanol–water partition coefficient (Wildman–Crippen LogP) is 2.22. The van der Waals surface area contributed by atoms with Crippen molar-refractivity contribution in [1.82, 2.24) is 19.6 Å². The third-order valence-electron chi connectivity index (χ3n) is 7.37. The van der Waals surface area contributed by atoms with Gasteiger partial charge in [0, 0.05) is 62.3 Å². The SMILES string of the molecule is CN(C)CCN1CCN(C(C)(C)CC2OCC23CCN(C(C)(C)C)C3)CC1. The minimum atomic E-state index is 0.223. The summed E-state index contributed by atoms with van der Waals surface area (Å²) in [5, 5.41) is 0. The van der Waals surface area contributed by atoms with Crippen LogP contribution in [0.5, 0.6) is 0 Å². The molecular weight excluding hydrogens is 336 g/mol. The molecule has 2 unspecified atom stereocenters. The molecule has 3 aliphatic rings. The Morgan fingerprint density at radius 2 is 1.63 bits per heavy atom. The number of ether oxygens (including phenoxy) is 1. The van der Waals surface area contributed by atoms with Crippen molar-refractivity contribution in [2.24, 2.45) is 5.41 Å². The van der Waals surface area contributed by atoms with Gasteiger partial charge in [-0.2, -0.15) is 0 Å². The van der Waals surface area contributed by atoms with Crippen molar-refractivity contribution in [3.05, 3.63) is 0 Å². The Bertz CT molecular complexity index is 493. The Morgan fingerprint density at radius 3 is 2.11 bits per heavy atom. The zero-order valence-corrected chi connectivity index (χ0v) is 19.1. The molecule has 2 atom stereocenters. The second-order valence-corrected chi connectivity index (χ2v) is 11.2. The first kappa shape index (κ1) is 21.5. The molecule has 0 saturated carbocycles. The van der Waals surface area contributed by atoms with Gasteiger partial charge in [0.15, 0.2) is 0 Å². The number of piperazine rings is 1. The molecule has 1 spiro atoms. The zero-order valence-electron chi connectivity index (χ0n) is 19.1. The van der Waals surface area contributed by atoms with E-state index in [1.165, 1.54) is 58.7 Å². The van der Waals surface area contributed by atoms with Gasteiger partial charge in [-0.05, 0) is 68.1 Å². The molecule has 0 aromatic rings. The molecule has 0 N–H and O–H groups in total. The van der Waals surface area contributed by atoms with Crippen LogP contribution in [0.3, 0.4) is 0 Å². The van der Waals surface area contributed by atoms with Crippen LogP contribution in [0.2, 0.25) is 0 Å². The highest BCUT2D eigenvalue weighted by Gasteiger charge is 2.55. The largest absolute Gasteiger partial charge is 0.377 e. The molecule has 3 heterocycles. The third-order valence-corrected chi connectivity index (χ3v) is 7.37. The summed E-state index contributed by atoms with van der Waals surface area (Å²) in [7, 11) is 4.33. The quantitative estimate of drug-likeness (QED) is 0.703. The molecule has 3 aliphatic heterocycles. The van der Waals surface area contributed by atoms with Crippen molar-refractivity contribution in [3.63, 3.8) is 0 Å². The highest BCUT2D eigenvalue weighted by Crippen LogP contribution is 2.48. The fourth-order valence-electron chi connectivity index (χ4n) is 5.06. The van der Waals surface area contributed by atoms with Crippen LogP contribution in [0.1, 0.15) is 47.5 Å². The highest BCUT2D eigenvalue weighted by molar-refractivity contribution is 5.06. The van der Waals surface area contributed by atoms with E-state index in [1.807, 2.05) is 0 Å². The Kier molecular flexibility index (Phi) is 6.30. The molecule has 0 aliphatic carbocycles. The molecule has 0 radical (unpaired) electrons.